The van der Waals surface area contributed by atoms with E-state index in [1.807, 2.05) is 74.5 Å². The first kappa shape index (κ1) is 25.8. The van der Waals surface area contributed by atoms with E-state index in [1.165, 1.54) is 4.31 Å². The Balaban J connectivity index is 2.46. The molecule has 2 aromatic carbocycles. The summed E-state index contributed by atoms with van der Waals surface area (Å²) in [6.07, 6.45) is -0.226. The second kappa shape index (κ2) is 11.4. The van der Waals surface area contributed by atoms with Crippen molar-refractivity contribution < 1.29 is 23.1 Å². The van der Waals surface area contributed by atoms with Gasteiger partial charge in [-0.05, 0) is 23.5 Å². The number of ether oxygens (including phenoxy) is 1. The molecule has 0 aliphatic rings. The second-order valence-corrected chi connectivity index (χ2v) is 10.6. The summed E-state index contributed by atoms with van der Waals surface area (Å²) in [4.78, 5) is 12.0. The Labute approximate surface area is 191 Å². The van der Waals surface area contributed by atoms with Gasteiger partial charge in [0.2, 0.25) is 10.0 Å². The number of aliphatic hydroxyl groups is 1. The van der Waals surface area contributed by atoms with Gasteiger partial charge >= 0.3 is 6.09 Å². The third-order valence-electron chi connectivity index (χ3n) is 5.40. The van der Waals surface area contributed by atoms with Crippen molar-refractivity contribution >= 4 is 16.1 Å². The summed E-state index contributed by atoms with van der Waals surface area (Å²) in [6, 6.07) is 18.6. The normalized spacial score (nSPS) is 13.3. The summed E-state index contributed by atoms with van der Waals surface area (Å²) in [5, 5.41) is 11.4. The van der Waals surface area contributed by atoms with E-state index in [-0.39, 0.29) is 31.8 Å². The maximum atomic E-state index is 12.4. The summed E-state index contributed by atoms with van der Waals surface area (Å²) in [7, 11) is -3.59. The molecule has 1 amide bonds. The molecule has 0 heterocycles. The van der Waals surface area contributed by atoms with Gasteiger partial charge in [-0.15, -0.1) is 0 Å². The lowest BCUT2D eigenvalue weighted by molar-refractivity contribution is -0.0835. The van der Waals surface area contributed by atoms with E-state index in [2.05, 4.69) is 0 Å². The van der Waals surface area contributed by atoms with Crippen molar-refractivity contribution in [3.05, 3.63) is 71.8 Å². The number of primary amides is 1. The number of hydrogen-bond donors (Lipinski definition) is 2. The minimum atomic E-state index is -3.59. The van der Waals surface area contributed by atoms with Crippen molar-refractivity contribution in [2.45, 2.75) is 44.8 Å². The van der Waals surface area contributed by atoms with E-state index in [0.29, 0.717) is 6.42 Å². The molecule has 3 N–H and O–H groups in total. The molecule has 0 fully saturated rings. The fourth-order valence-corrected chi connectivity index (χ4v) is 4.52. The number of aliphatic hydroxyl groups excluding tert-OH is 1. The van der Waals surface area contributed by atoms with Crippen LogP contribution in [0.15, 0.2) is 60.7 Å². The molecule has 0 aliphatic heterocycles. The number of nitrogens with two attached hydrogens (primary N) is 1. The van der Waals surface area contributed by atoms with Gasteiger partial charge in [0.05, 0.1) is 6.26 Å². The number of hydrogen-bond acceptors (Lipinski definition) is 5. The van der Waals surface area contributed by atoms with Crippen LogP contribution >= 0.6 is 0 Å². The van der Waals surface area contributed by atoms with Crippen LogP contribution in [0.4, 0.5) is 4.79 Å². The number of sulfonamides is 1. The molecular weight excluding hydrogens is 428 g/mol. The van der Waals surface area contributed by atoms with Crippen molar-refractivity contribution in [2.75, 3.05) is 19.3 Å². The molecule has 0 aliphatic carbocycles. The summed E-state index contributed by atoms with van der Waals surface area (Å²) in [5.74, 6) is 0.289. The van der Waals surface area contributed by atoms with Crippen LogP contribution in [-0.4, -0.2) is 55.0 Å². The highest BCUT2D eigenvalue weighted by Crippen LogP contribution is 2.29. The van der Waals surface area contributed by atoms with Crippen molar-refractivity contribution in [3.63, 3.8) is 0 Å². The predicted molar refractivity (Wildman–Crippen MR) is 126 cm³/mol. The molecule has 0 saturated carbocycles. The molecule has 8 heteroatoms. The maximum Gasteiger partial charge on any atom is 0.405 e. The molecule has 7 nitrogen and oxygen atoms in total. The Morgan fingerprint density at radius 2 is 1.50 bits per heavy atom. The average molecular weight is 463 g/mol. The number of benzene rings is 2. The summed E-state index contributed by atoms with van der Waals surface area (Å²) < 4.78 is 31.7. The number of amides is 1. The third-order valence-corrected chi connectivity index (χ3v) is 6.67. The van der Waals surface area contributed by atoms with Crippen LogP contribution in [0.25, 0.3) is 0 Å². The number of rotatable bonds is 12. The molecule has 1 atom stereocenters. The lowest BCUT2D eigenvalue weighted by Crippen LogP contribution is -2.56. The Hall–Kier alpha value is -2.42. The van der Waals surface area contributed by atoms with Gasteiger partial charge in [-0.2, -0.15) is 4.31 Å². The van der Waals surface area contributed by atoms with Crippen LogP contribution in [-0.2, 0) is 27.6 Å². The fraction of sp³-hybridized carbons (Fsp3) is 0.458. The third kappa shape index (κ3) is 7.93. The van der Waals surface area contributed by atoms with Gasteiger partial charge in [-0.3, -0.25) is 0 Å². The highest BCUT2D eigenvalue weighted by Gasteiger charge is 2.43. The van der Waals surface area contributed by atoms with Crippen molar-refractivity contribution in [1.29, 1.82) is 0 Å². The topological polar surface area (TPSA) is 110 Å². The van der Waals surface area contributed by atoms with Crippen LogP contribution in [0.5, 0.6) is 0 Å². The Morgan fingerprint density at radius 3 is 1.88 bits per heavy atom. The molecular formula is C24H34N2O5S. The van der Waals surface area contributed by atoms with E-state index < -0.39 is 27.8 Å². The fourth-order valence-electron chi connectivity index (χ4n) is 3.68. The predicted octanol–water partition coefficient (Wildman–Crippen LogP) is 2.97. The quantitative estimate of drug-likeness (QED) is 0.504. The summed E-state index contributed by atoms with van der Waals surface area (Å²) in [5.41, 5.74) is 5.65. The van der Waals surface area contributed by atoms with Crippen LogP contribution in [0.2, 0.25) is 0 Å². The number of carbonyl (C=O) groups excluding carboxylic acids is 1. The lowest BCUT2D eigenvalue weighted by atomic mass is 9.82. The van der Waals surface area contributed by atoms with Crippen LogP contribution in [0.1, 0.15) is 31.4 Å². The van der Waals surface area contributed by atoms with Crippen molar-refractivity contribution in [1.82, 2.24) is 4.31 Å². The zero-order valence-corrected chi connectivity index (χ0v) is 19.8. The van der Waals surface area contributed by atoms with E-state index in [4.69, 9.17) is 10.5 Å². The van der Waals surface area contributed by atoms with Gasteiger partial charge < -0.3 is 15.6 Å². The van der Waals surface area contributed by atoms with Gasteiger partial charge in [-0.1, -0.05) is 74.5 Å². The molecule has 2 rings (SSSR count). The second-order valence-electron chi connectivity index (χ2n) is 8.63. The van der Waals surface area contributed by atoms with Crippen LogP contribution < -0.4 is 5.73 Å². The molecule has 2 aromatic rings. The first-order valence-corrected chi connectivity index (χ1v) is 12.6. The minimum absolute atomic E-state index is 0.175. The number of carbonyl (C=O) groups is 1. The smallest absolute Gasteiger partial charge is 0.405 e. The van der Waals surface area contributed by atoms with Crippen molar-refractivity contribution in [3.8, 4) is 0 Å². The molecule has 32 heavy (non-hydrogen) atoms. The molecule has 0 saturated heterocycles. The van der Waals surface area contributed by atoms with Gasteiger partial charge in [0, 0.05) is 25.9 Å². The van der Waals surface area contributed by atoms with Crippen molar-refractivity contribution in [2.24, 2.45) is 11.7 Å². The molecule has 0 aromatic heterocycles. The first-order chi connectivity index (χ1) is 15.0. The number of nitrogens with zero attached hydrogens (tertiary/aromatic N) is 1. The van der Waals surface area contributed by atoms with E-state index in [0.717, 1.165) is 17.4 Å². The van der Waals surface area contributed by atoms with Gasteiger partial charge in [0.1, 0.15) is 11.7 Å². The lowest BCUT2D eigenvalue weighted by Gasteiger charge is -2.39. The van der Waals surface area contributed by atoms with Crippen LogP contribution in [0, 0.1) is 5.92 Å². The summed E-state index contributed by atoms with van der Waals surface area (Å²) >= 11 is 0. The molecule has 176 valence electrons. The van der Waals surface area contributed by atoms with E-state index >= 15 is 0 Å². The van der Waals surface area contributed by atoms with E-state index in [1.54, 1.807) is 0 Å². The van der Waals surface area contributed by atoms with E-state index in [9.17, 15) is 18.3 Å². The standard InChI is InChI=1S/C24H34N2O5S/c1-19(2)14-15-26(32(3,29)30)18-22(27)24(31-23(25)28,16-20-10-6-4-7-11-20)17-21-12-8-5-9-13-21/h4-13,19,22,27H,14-18H2,1-3H3,(H2,25,28)/t22-/m1/s1. The summed E-state index contributed by atoms with van der Waals surface area (Å²) in [6.45, 7) is 4.06. The molecule has 0 spiro atoms. The largest absolute Gasteiger partial charge is 0.440 e. The monoisotopic (exact) mass is 462 g/mol. The Kier molecular flexibility index (Phi) is 9.24. The van der Waals surface area contributed by atoms with Crippen LogP contribution in [0.3, 0.4) is 0 Å². The highest BCUT2D eigenvalue weighted by atomic mass is 32.2. The highest BCUT2D eigenvalue weighted by molar-refractivity contribution is 7.88. The Bertz CT molecular complexity index is 907. The molecule has 0 bridgehead atoms. The Morgan fingerprint density at radius 1 is 1.03 bits per heavy atom. The van der Waals surface area contributed by atoms with Gasteiger partial charge in [0.15, 0.2) is 0 Å². The minimum Gasteiger partial charge on any atom is -0.440 e. The molecule has 0 unspecified atom stereocenters. The maximum absolute atomic E-state index is 12.4. The SMILES string of the molecule is CC(C)CCN(C[C@@H](O)C(Cc1ccccc1)(Cc1ccccc1)OC(N)=O)S(C)(=O)=O. The van der Waals surface area contributed by atoms with Gasteiger partial charge in [-0.25, -0.2) is 13.2 Å². The zero-order valence-electron chi connectivity index (χ0n) is 19.0. The first-order valence-electron chi connectivity index (χ1n) is 10.7. The molecule has 0 radical (unpaired) electrons. The average Bonchev–Trinajstić information content (AvgIpc) is 2.70. The van der Waals surface area contributed by atoms with Gasteiger partial charge in [0.25, 0.3) is 0 Å². The zero-order chi connectivity index (χ0) is 23.8.